The van der Waals surface area contributed by atoms with E-state index in [0.717, 1.165) is 5.69 Å². The minimum atomic E-state index is -3.94. The van der Waals surface area contributed by atoms with Gasteiger partial charge in [-0.1, -0.05) is 29.8 Å². The molecule has 0 atom stereocenters. The predicted octanol–water partition coefficient (Wildman–Crippen LogP) is 5.31. The smallest absolute Gasteiger partial charge is 0.264 e. The molecule has 0 amide bonds. The van der Waals surface area contributed by atoms with Crippen molar-refractivity contribution in [2.45, 2.75) is 5.03 Å². The Morgan fingerprint density at radius 3 is 2.12 bits per heavy atom. The van der Waals surface area contributed by atoms with E-state index in [1.807, 2.05) is 35.2 Å². The molecule has 1 saturated heterocycles. The van der Waals surface area contributed by atoms with Gasteiger partial charge in [0.1, 0.15) is 5.82 Å². The molecule has 1 aliphatic heterocycles. The van der Waals surface area contributed by atoms with E-state index < -0.39 is 10.0 Å². The van der Waals surface area contributed by atoms with Gasteiger partial charge in [-0.25, -0.2) is 12.8 Å². The minimum absolute atomic E-state index is 0.121. The summed E-state index contributed by atoms with van der Waals surface area (Å²) in [4.78, 5) is 6.46. The van der Waals surface area contributed by atoms with Crippen molar-refractivity contribution in [3.05, 3.63) is 89.7 Å². The largest absolute Gasteiger partial charge is 0.435 e. The molecule has 34 heavy (non-hydrogen) atoms. The lowest BCUT2D eigenvalue weighted by atomic mass is 10.2. The van der Waals surface area contributed by atoms with Crippen molar-refractivity contribution in [1.82, 2.24) is 9.29 Å². The van der Waals surface area contributed by atoms with Crippen molar-refractivity contribution in [3.8, 4) is 22.8 Å². The molecule has 9 heteroatoms. The second kappa shape index (κ2) is 9.21. The van der Waals surface area contributed by atoms with Gasteiger partial charge in [-0.3, -0.25) is 0 Å². The summed E-state index contributed by atoms with van der Waals surface area (Å²) in [6, 6.07) is 22.1. The third-order valence-electron chi connectivity index (χ3n) is 5.74. The van der Waals surface area contributed by atoms with E-state index in [9.17, 15) is 12.8 Å². The van der Waals surface area contributed by atoms with Gasteiger partial charge in [0.25, 0.3) is 10.0 Å². The summed E-state index contributed by atoms with van der Waals surface area (Å²) < 4.78 is 48.1. The van der Waals surface area contributed by atoms with Crippen LogP contribution in [0, 0.1) is 5.82 Å². The Balaban J connectivity index is 1.47. The topological polar surface area (TPSA) is 66.7 Å². The maximum absolute atomic E-state index is 13.7. The molecule has 0 radical (unpaired) electrons. The quantitative estimate of drug-likeness (QED) is 0.374. The van der Waals surface area contributed by atoms with Crippen LogP contribution >= 0.6 is 11.6 Å². The van der Waals surface area contributed by atoms with E-state index >= 15 is 0 Å². The zero-order valence-electron chi connectivity index (χ0n) is 18.1. The number of halogens is 2. The Labute approximate surface area is 202 Å². The highest BCUT2D eigenvalue weighted by Crippen LogP contribution is 2.35. The van der Waals surface area contributed by atoms with Gasteiger partial charge in [0, 0.05) is 48.0 Å². The highest BCUT2D eigenvalue weighted by Gasteiger charge is 2.35. The second-order valence-electron chi connectivity index (χ2n) is 7.89. The number of oxazole rings is 1. The molecule has 1 aromatic heterocycles. The van der Waals surface area contributed by atoms with Gasteiger partial charge in [-0.2, -0.15) is 9.29 Å². The molecule has 1 aliphatic rings. The Hall–Kier alpha value is -3.20. The Morgan fingerprint density at radius 1 is 0.824 bits per heavy atom. The number of rotatable bonds is 5. The Bertz CT molecular complexity index is 1380. The number of hydrogen-bond donors (Lipinski definition) is 0. The number of anilines is 1. The first kappa shape index (κ1) is 22.6. The van der Waals surface area contributed by atoms with Crippen LogP contribution in [0.5, 0.6) is 0 Å². The number of benzene rings is 3. The van der Waals surface area contributed by atoms with Crippen molar-refractivity contribution in [1.29, 1.82) is 0 Å². The van der Waals surface area contributed by atoms with Crippen LogP contribution in [-0.2, 0) is 10.0 Å². The zero-order chi connectivity index (χ0) is 23.7. The second-order valence-corrected chi connectivity index (χ2v) is 10.2. The van der Waals surface area contributed by atoms with Crippen LogP contribution in [0.15, 0.2) is 88.3 Å². The zero-order valence-corrected chi connectivity index (χ0v) is 19.6. The third kappa shape index (κ3) is 4.44. The van der Waals surface area contributed by atoms with Crippen LogP contribution < -0.4 is 4.90 Å². The van der Waals surface area contributed by atoms with E-state index in [1.165, 1.54) is 16.4 Å². The van der Waals surface area contributed by atoms with E-state index in [2.05, 4.69) is 4.98 Å². The summed E-state index contributed by atoms with van der Waals surface area (Å²) in [5.41, 5.74) is 2.11. The molecule has 0 bridgehead atoms. The number of aromatic nitrogens is 1. The van der Waals surface area contributed by atoms with E-state index in [1.54, 1.807) is 36.4 Å². The molecule has 5 rings (SSSR count). The van der Waals surface area contributed by atoms with Crippen molar-refractivity contribution < 1.29 is 17.2 Å². The first-order valence-corrected chi connectivity index (χ1v) is 12.6. The van der Waals surface area contributed by atoms with E-state index in [-0.39, 0.29) is 35.6 Å². The highest BCUT2D eigenvalue weighted by molar-refractivity contribution is 7.89. The molecule has 174 valence electrons. The van der Waals surface area contributed by atoms with Gasteiger partial charge in [-0.05, 0) is 60.7 Å². The normalized spacial score (nSPS) is 14.9. The summed E-state index contributed by atoms with van der Waals surface area (Å²) in [6.07, 6.45) is 0. The average Bonchev–Trinajstić information content (AvgIpc) is 3.32. The van der Waals surface area contributed by atoms with Crippen LogP contribution in [-0.4, -0.2) is 43.9 Å². The maximum Gasteiger partial charge on any atom is 0.264 e. The Morgan fingerprint density at radius 2 is 1.47 bits per heavy atom. The van der Waals surface area contributed by atoms with Crippen LogP contribution in [0.4, 0.5) is 10.1 Å². The summed E-state index contributed by atoms with van der Waals surface area (Å²) in [6.45, 7) is 1.50. The summed E-state index contributed by atoms with van der Waals surface area (Å²) >= 11 is 6.03. The third-order valence-corrected chi connectivity index (χ3v) is 7.80. The molecular weight excluding hydrogens is 477 g/mol. The lowest BCUT2D eigenvalue weighted by Gasteiger charge is -2.35. The highest BCUT2D eigenvalue weighted by atomic mass is 35.5. The summed E-state index contributed by atoms with van der Waals surface area (Å²) in [7, 11) is -3.94. The standard InChI is InChI=1S/C25H21ClFN3O3S/c26-20-8-6-18(7-9-20)23-25(28-24(33-23)19-4-2-1-3-5-19)34(31,32)30-16-14-29(15-17-30)22-12-10-21(27)11-13-22/h1-13H,14-17H2. The molecule has 0 spiro atoms. The number of piperazine rings is 1. The predicted molar refractivity (Wildman–Crippen MR) is 130 cm³/mol. The molecule has 1 fully saturated rings. The first-order chi connectivity index (χ1) is 16.4. The van der Waals surface area contributed by atoms with E-state index in [4.69, 9.17) is 16.0 Å². The summed E-state index contributed by atoms with van der Waals surface area (Å²) in [5, 5.41) is 0.414. The van der Waals surface area contributed by atoms with Gasteiger partial charge >= 0.3 is 0 Å². The SMILES string of the molecule is O=S(=O)(c1nc(-c2ccccc2)oc1-c1ccc(Cl)cc1)N1CCN(c2ccc(F)cc2)CC1. The van der Waals surface area contributed by atoms with Gasteiger partial charge < -0.3 is 9.32 Å². The molecule has 0 aliphatic carbocycles. The van der Waals surface area contributed by atoms with Gasteiger partial charge in [0.05, 0.1) is 0 Å². The number of nitrogens with zero attached hydrogens (tertiary/aromatic N) is 3. The molecule has 3 aromatic carbocycles. The fourth-order valence-corrected chi connectivity index (χ4v) is 5.54. The lowest BCUT2D eigenvalue weighted by Crippen LogP contribution is -2.48. The van der Waals surface area contributed by atoms with Crippen LogP contribution in [0.1, 0.15) is 0 Å². The molecular formula is C25H21ClFN3O3S. The van der Waals surface area contributed by atoms with Gasteiger partial charge in [0.15, 0.2) is 5.76 Å². The fourth-order valence-electron chi connectivity index (χ4n) is 3.93. The maximum atomic E-state index is 13.7. The van der Waals surface area contributed by atoms with Gasteiger partial charge in [0.2, 0.25) is 10.9 Å². The minimum Gasteiger partial charge on any atom is -0.435 e. The Kier molecular flexibility index (Phi) is 6.12. The monoisotopic (exact) mass is 497 g/mol. The van der Waals surface area contributed by atoms with Crippen LogP contribution in [0.3, 0.4) is 0 Å². The van der Waals surface area contributed by atoms with Crippen molar-refractivity contribution >= 4 is 27.3 Å². The van der Waals surface area contributed by atoms with E-state index in [0.29, 0.717) is 29.2 Å². The lowest BCUT2D eigenvalue weighted by molar-refractivity contribution is 0.383. The van der Waals surface area contributed by atoms with Crippen molar-refractivity contribution in [2.24, 2.45) is 0 Å². The molecule has 2 heterocycles. The van der Waals surface area contributed by atoms with Crippen LogP contribution in [0.25, 0.3) is 22.8 Å². The number of sulfonamides is 1. The number of hydrogen-bond acceptors (Lipinski definition) is 5. The van der Waals surface area contributed by atoms with Crippen molar-refractivity contribution in [3.63, 3.8) is 0 Å². The molecule has 6 nitrogen and oxygen atoms in total. The molecule has 0 unspecified atom stereocenters. The van der Waals surface area contributed by atoms with Gasteiger partial charge in [-0.15, -0.1) is 0 Å². The average molecular weight is 498 g/mol. The summed E-state index contributed by atoms with van der Waals surface area (Å²) in [5.74, 6) is 0.102. The fraction of sp³-hybridized carbons (Fsp3) is 0.160. The molecule has 4 aromatic rings. The first-order valence-electron chi connectivity index (χ1n) is 10.7. The molecule has 0 saturated carbocycles. The molecule has 0 N–H and O–H groups in total. The van der Waals surface area contributed by atoms with Crippen molar-refractivity contribution in [2.75, 3.05) is 31.1 Å². The van der Waals surface area contributed by atoms with Crippen LogP contribution in [0.2, 0.25) is 5.02 Å².